The maximum Gasteiger partial charge on any atom is 0.247 e. The van der Waals surface area contributed by atoms with Gasteiger partial charge in [0.15, 0.2) is 0 Å². The Morgan fingerprint density at radius 2 is 2.10 bits per heavy atom. The van der Waals surface area contributed by atoms with E-state index < -0.39 is 10.0 Å². The third kappa shape index (κ3) is 2.79. The van der Waals surface area contributed by atoms with E-state index >= 15 is 0 Å². The van der Waals surface area contributed by atoms with E-state index in [1.165, 1.54) is 18.3 Å². The molecule has 20 heavy (non-hydrogen) atoms. The first-order valence-electron chi connectivity index (χ1n) is 6.86. The van der Waals surface area contributed by atoms with Crippen LogP contribution >= 0.6 is 0 Å². The summed E-state index contributed by atoms with van der Waals surface area (Å²) < 4.78 is 32.3. The Kier molecular flexibility index (Phi) is 3.66. The Balaban J connectivity index is 1.85. The molecule has 1 aliphatic heterocycles. The zero-order chi connectivity index (χ0) is 14.2. The number of hydrogen-bond acceptors (Lipinski definition) is 4. The minimum Gasteiger partial charge on any atom is -0.381 e. The fourth-order valence-corrected chi connectivity index (χ4v) is 4.21. The lowest BCUT2D eigenvalue weighted by molar-refractivity contribution is 0.180. The van der Waals surface area contributed by atoms with Gasteiger partial charge in [-0.15, -0.1) is 0 Å². The molecule has 0 bridgehead atoms. The second-order valence-corrected chi connectivity index (χ2v) is 7.31. The molecule has 1 N–H and O–H groups in total. The first-order chi connectivity index (χ1) is 9.57. The number of pyridine rings is 1. The number of aromatic nitrogens is 1. The molecule has 1 aromatic heterocycles. The molecule has 0 spiro atoms. The number of sulfonamides is 1. The van der Waals surface area contributed by atoms with E-state index in [0.717, 1.165) is 19.3 Å². The number of ether oxygens (including phenoxy) is 1. The fourth-order valence-electron chi connectivity index (χ4n) is 2.48. The molecule has 2 fully saturated rings. The van der Waals surface area contributed by atoms with Crippen molar-refractivity contribution in [2.24, 2.45) is 5.92 Å². The molecule has 110 valence electrons. The Bertz CT molecular complexity index is 610. The van der Waals surface area contributed by atoms with Crippen LogP contribution in [-0.2, 0) is 14.8 Å². The van der Waals surface area contributed by atoms with Gasteiger partial charge in [0.2, 0.25) is 15.6 Å². The van der Waals surface area contributed by atoms with Gasteiger partial charge in [-0.2, -0.15) is 4.31 Å². The number of hydrogen-bond donors (Lipinski definition) is 1. The molecule has 0 amide bonds. The number of H-pyrrole nitrogens is 1. The zero-order valence-corrected chi connectivity index (χ0v) is 11.9. The van der Waals surface area contributed by atoms with Gasteiger partial charge >= 0.3 is 0 Å². The summed E-state index contributed by atoms with van der Waals surface area (Å²) in [6.07, 6.45) is 4.01. The summed E-state index contributed by atoms with van der Waals surface area (Å²) in [5, 5.41) is 0. The molecule has 1 saturated heterocycles. The second kappa shape index (κ2) is 5.31. The van der Waals surface area contributed by atoms with Crippen LogP contribution in [0, 0.1) is 5.92 Å². The molecule has 0 radical (unpaired) electrons. The van der Waals surface area contributed by atoms with Crippen LogP contribution in [0.3, 0.4) is 0 Å². The summed E-state index contributed by atoms with van der Waals surface area (Å²) in [6.45, 7) is 1.85. The molecule has 7 heteroatoms. The first-order valence-corrected chi connectivity index (χ1v) is 8.30. The van der Waals surface area contributed by atoms with Gasteiger partial charge in [-0.25, -0.2) is 8.42 Å². The molecule has 1 aromatic rings. The monoisotopic (exact) mass is 298 g/mol. The topological polar surface area (TPSA) is 79.5 Å². The Morgan fingerprint density at radius 3 is 2.65 bits per heavy atom. The van der Waals surface area contributed by atoms with Crippen LogP contribution < -0.4 is 5.56 Å². The summed E-state index contributed by atoms with van der Waals surface area (Å²) in [5.74, 6) is 0.271. The SMILES string of the molecule is O=c1ccc(S(=O)(=O)N(CC2CCOC2)C2CC2)c[nH]1. The Labute approximate surface area is 117 Å². The van der Waals surface area contributed by atoms with Crippen LogP contribution in [0.2, 0.25) is 0 Å². The lowest BCUT2D eigenvalue weighted by Crippen LogP contribution is -2.37. The summed E-state index contributed by atoms with van der Waals surface area (Å²) in [4.78, 5) is 13.6. The average molecular weight is 298 g/mol. The minimum atomic E-state index is -3.53. The van der Waals surface area contributed by atoms with Gasteiger partial charge in [-0.3, -0.25) is 4.79 Å². The van der Waals surface area contributed by atoms with E-state index in [2.05, 4.69) is 4.98 Å². The Morgan fingerprint density at radius 1 is 1.30 bits per heavy atom. The van der Waals surface area contributed by atoms with E-state index in [1.807, 2.05) is 0 Å². The fraction of sp³-hybridized carbons (Fsp3) is 0.615. The highest BCUT2D eigenvalue weighted by Crippen LogP contribution is 2.33. The molecule has 0 aromatic carbocycles. The van der Waals surface area contributed by atoms with Gasteiger partial charge in [-0.05, 0) is 31.2 Å². The Hall–Kier alpha value is -1.18. The first kappa shape index (κ1) is 13.8. The van der Waals surface area contributed by atoms with E-state index in [0.29, 0.717) is 19.8 Å². The van der Waals surface area contributed by atoms with Crippen LogP contribution in [0.4, 0.5) is 0 Å². The van der Waals surface area contributed by atoms with Crippen molar-refractivity contribution in [2.75, 3.05) is 19.8 Å². The van der Waals surface area contributed by atoms with Crippen molar-refractivity contribution in [2.45, 2.75) is 30.2 Å². The van der Waals surface area contributed by atoms with Gasteiger partial charge < -0.3 is 9.72 Å². The molecule has 1 unspecified atom stereocenters. The van der Waals surface area contributed by atoms with Crippen LogP contribution in [0.1, 0.15) is 19.3 Å². The predicted octanol–water partition coefficient (Wildman–Crippen LogP) is 0.564. The lowest BCUT2D eigenvalue weighted by Gasteiger charge is -2.24. The van der Waals surface area contributed by atoms with E-state index in [9.17, 15) is 13.2 Å². The zero-order valence-electron chi connectivity index (χ0n) is 11.1. The molecule has 1 saturated carbocycles. The molecule has 2 heterocycles. The third-order valence-corrected chi connectivity index (χ3v) is 5.69. The van der Waals surface area contributed by atoms with Crippen LogP contribution in [0.25, 0.3) is 0 Å². The number of nitrogens with zero attached hydrogens (tertiary/aromatic N) is 1. The number of nitrogens with one attached hydrogen (secondary N) is 1. The molecule has 1 atom stereocenters. The highest BCUT2D eigenvalue weighted by atomic mass is 32.2. The highest BCUT2D eigenvalue weighted by molar-refractivity contribution is 7.89. The molecular formula is C13H18N2O4S. The number of aromatic amines is 1. The van der Waals surface area contributed by atoms with Crippen molar-refractivity contribution in [1.29, 1.82) is 0 Å². The van der Waals surface area contributed by atoms with Crippen molar-refractivity contribution >= 4 is 10.0 Å². The largest absolute Gasteiger partial charge is 0.381 e. The van der Waals surface area contributed by atoms with Crippen molar-refractivity contribution in [3.05, 3.63) is 28.7 Å². The van der Waals surface area contributed by atoms with Crippen LogP contribution in [0.15, 0.2) is 28.0 Å². The van der Waals surface area contributed by atoms with Crippen LogP contribution in [0.5, 0.6) is 0 Å². The predicted molar refractivity (Wildman–Crippen MR) is 72.9 cm³/mol. The minimum absolute atomic E-state index is 0.104. The summed E-state index contributed by atoms with van der Waals surface area (Å²) in [6, 6.07) is 2.72. The highest BCUT2D eigenvalue weighted by Gasteiger charge is 2.39. The van der Waals surface area contributed by atoms with Gasteiger partial charge in [0.25, 0.3) is 0 Å². The third-order valence-electron chi connectivity index (χ3n) is 3.78. The quantitative estimate of drug-likeness (QED) is 0.861. The van der Waals surface area contributed by atoms with Gasteiger partial charge in [-0.1, -0.05) is 0 Å². The smallest absolute Gasteiger partial charge is 0.247 e. The summed E-state index contributed by atoms with van der Waals surface area (Å²) in [7, 11) is -3.53. The maximum absolute atomic E-state index is 12.7. The lowest BCUT2D eigenvalue weighted by atomic mass is 10.1. The summed E-state index contributed by atoms with van der Waals surface area (Å²) >= 11 is 0. The maximum atomic E-state index is 12.7. The molecular weight excluding hydrogens is 280 g/mol. The normalized spacial score (nSPS) is 23.4. The standard InChI is InChI=1S/C13H18N2O4S/c16-13-4-3-12(7-14-13)20(17,18)15(11-1-2-11)8-10-5-6-19-9-10/h3-4,7,10-11H,1-2,5-6,8-9H2,(H,14,16). The van der Waals surface area contributed by atoms with Crippen LogP contribution in [-0.4, -0.2) is 43.5 Å². The van der Waals surface area contributed by atoms with Crippen molar-refractivity contribution in [3.8, 4) is 0 Å². The average Bonchev–Trinajstić information content (AvgIpc) is 3.12. The van der Waals surface area contributed by atoms with E-state index in [1.54, 1.807) is 4.31 Å². The second-order valence-electron chi connectivity index (χ2n) is 5.42. The molecule has 6 nitrogen and oxygen atoms in total. The van der Waals surface area contributed by atoms with Crippen molar-refractivity contribution in [3.63, 3.8) is 0 Å². The molecule has 3 rings (SSSR count). The van der Waals surface area contributed by atoms with Gasteiger partial charge in [0, 0.05) is 31.5 Å². The molecule has 2 aliphatic rings. The van der Waals surface area contributed by atoms with Crippen molar-refractivity contribution in [1.82, 2.24) is 9.29 Å². The summed E-state index contributed by atoms with van der Waals surface area (Å²) in [5.41, 5.74) is -0.300. The van der Waals surface area contributed by atoms with Crippen molar-refractivity contribution < 1.29 is 13.2 Å². The van der Waals surface area contributed by atoms with Gasteiger partial charge in [0.1, 0.15) is 0 Å². The molecule has 1 aliphatic carbocycles. The number of rotatable bonds is 5. The van der Waals surface area contributed by atoms with E-state index in [-0.39, 0.29) is 22.4 Å². The van der Waals surface area contributed by atoms with E-state index in [4.69, 9.17) is 4.74 Å². The van der Waals surface area contributed by atoms with Gasteiger partial charge in [0.05, 0.1) is 11.5 Å².